The predicted octanol–water partition coefficient (Wildman–Crippen LogP) is 7.14. The molecule has 0 radical (unpaired) electrons. The number of carbonyl (C=O) groups excluding carboxylic acids is 1. The van der Waals surface area contributed by atoms with Gasteiger partial charge in [0.1, 0.15) is 5.75 Å². The molecule has 1 aliphatic heterocycles. The van der Waals surface area contributed by atoms with Gasteiger partial charge in [-0.05, 0) is 48.1 Å². The second-order valence-electron chi connectivity index (χ2n) is 9.30. The highest BCUT2D eigenvalue weighted by Gasteiger charge is 2.41. The van der Waals surface area contributed by atoms with Crippen molar-refractivity contribution in [2.45, 2.75) is 58.8 Å². The highest BCUT2D eigenvalue weighted by molar-refractivity contribution is 6.00. The maximum atomic E-state index is 12.3. The molecule has 6 nitrogen and oxygen atoms in total. The van der Waals surface area contributed by atoms with E-state index < -0.39 is 6.09 Å². The fourth-order valence-electron chi connectivity index (χ4n) is 4.65. The summed E-state index contributed by atoms with van der Waals surface area (Å²) in [6, 6.07) is 17.0. The van der Waals surface area contributed by atoms with Gasteiger partial charge >= 0.3 is 6.09 Å². The number of rotatable bonds is 13. The molecule has 192 valence electrons. The van der Waals surface area contributed by atoms with E-state index in [1.807, 2.05) is 30.3 Å². The molecule has 1 saturated heterocycles. The Morgan fingerprint density at radius 3 is 2.20 bits per heavy atom. The largest absolute Gasteiger partial charge is 0.497 e. The molecule has 1 aliphatic rings. The molecule has 1 N–H and O–H groups in total. The van der Waals surface area contributed by atoms with E-state index in [2.05, 4.69) is 29.2 Å². The van der Waals surface area contributed by atoms with Crippen molar-refractivity contribution >= 4 is 29.9 Å². The third-order valence-corrected chi connectivity index (χ3v) is 6.59. The van der Waals surface area contributed by atoms with Crippen molar-refractivity contribution in [1.29, 1.82) is 0 Å². The van der Waals surface area contributed by atoms with Gasteiger partial charge in [-0.25, -0.2) is 4.79 Å². The van der Waals surface area contributed by atoms with Crippen molar-refractivity contribution in [3.63, 3.8) is 0 Å². The summed E-state index contributed by atoms with van der Waals surface area (Å²) in [5, 5.41) is 6.95. The molecule has 0 bridgehead atoms. The fraction of sp³-hybridized carbons (Fsp3) is 0.500. The lowest BCUT2D eigenvalue weighted by Gasteiger charge is -2.51. The average molecular weight is 502 g/mol. The third-order valence-electron chi connectivity index (χ3n) is 6.59. The Labute approximate surface area is 216 Å². The second kappa shape index (κ2) is 14.7. The summed E-state index contributed by atoms with van der Waals surface area (Å²) in [7, 11) is 1.60. The van der Waals surface area contributed by atoms with Gasteiger partial charge < -0.3 is 9.64 Å². The monoisotopic (exact) mass is 501 g/mol. The molecule has 0 aromatic heterocycles. The number of hydrogen-bond donors (Lipinski definition) is 1. The Morgan fingerprint density at radius 2 is 1.63 bits per heavy atom. The summed E-state index contributed by atoms with van der Waals surface area (Å²) >= 11 is 0. The Morgan fingerprint density at radius 1 is 1.00 bits per heavy atom. The van der Waals surface area contributed by atoms with Crippen LogP contribution in [-0.2, 0) is 4.84 Å². The Bertz CT molecular complexity index is 903. The van der Waals surface area contributed by atoms with E-state index >= 15 is 0 Å². The molecule has 1 amide bonds. The first-order valence-corrected chi connectivity index (χ1v) is 12.5. The number of benzene rings is 2. The van der Waals surface area contributed by atoms with Crippen LogP contribution in [0.2, 0.25) is 0 Å². The third kappa shape index (κ3) is 8.86. The highest BCUT2D eigenvalue weighted by Crippen LogP contribution is 2.40. The lowest BCUT2D eigenvalue weighted by Crippen LogP contribution is -2.56. The molecule has 2 aromatic rings. The van der Waals surface area contributed by atoms with Crippen LogP contribution in [0.25, 0.3) is 0 Å². The molecular formula is C28H40ClN3O3. The lowest BCUT2D eigenvalue weighted by molar-refractivity contribution is -0.0144. The number of unbranched alkanes of at least 4 members (excludes halogenated alkanes) is 2. The zero-order chi connectivity index (χ0) is 24.2. The molecule has 7 heteroatoms. The van der Waals surface area contributed by atoms with E-state index in [0.717, 1.165) is 43.1 Å². The van der Waals surface area contributed by atoms with Gasteiger partial charge in [0.05, 0.1) is 12.8 Å². The minimum Gasteiger partial charge on any atom is -0.497 e. The first-order valence-electron chi connectivity index (χ1n) is 12.5. The number of oxime groups is 1. The molecule has 0 atom stereocenters. The normalized spacial score (nSPS) is 15.0. The number of nitrogens with zero attached hydrogens (tertiary/aromatic N) is 2. The number of halogens is 1. The summed E-state index contributed by atoms with van der Waals surface area (Å²) in [5.41, 5.74) is 2.87. The molecule has 0 spiro atoms. The minimum absolute atomic E-state index is 0. The van der Waals surface area contributed by atoms with Gasteiger partial charge in [-0.2, -0.15) is 0 Å². The van der Waals surface area contributed by atoms with E-state index in [1.165, 1.54) is 38.5 Å². The van der Waals surface area contributed by atoms with Gasteiger partial charge in [0.2, 0.25) is 0 Å². The molecule has 3 rings (SSSR count). The maximum Gasteiger partial charge on any atom is 0.437 e. The van der Waals surface area contributed by atoms with Crippen molar-refractivity contribution < 1.29 is 14.4 Å². The molecule has 1 heterocycles. The Hall–Kier alpha value is -2.57. The SMILES string of the molecule is CCCCC1(CCCC)CN(CC/C(=N/OC(=O)Nc2ccc(OC)cc2)c2ccccc2)C1.Cl. The zero-order valence-electron chi connectivity index (χ0n) is 21.3. The number of nitrogens with one attached hydrogen (secondary N) is 1. The average Bonchev–Trinajstić information content (AvgIpc) is 2.85. The van der Waals surface area contributed by atoms with Gasteiger partial charge in [0, 0.05) is 31.7 Å². The van der Waals surface area contributed by atoms with Gasteiger partial charge in [-0.3, -0.25) is 10.2 Å². The van der Waals surface area contributed by atoms with Crippen LogP contribution in [0.1, 0.15) is 64.4 Å². The highest BCUT2D eigenvalue weighted by atomic mass is 35.5. The Balaban J connectivity index is 0.00000432. The molecule has 0 aliphatic carbocycles. The van der Waals surface area contributed by atoms with Crippen LogP contribution in [0.5, 0.6) is 5.75 Å². The number of methoxy groups -OCH3 is 1. The topological polar surface area (TPSA) is 63.2 Å². The maximum absolute atomic E-state index is 12.3. The lowest BCUT2D eigenvalue weighted by atomic mass is 9.72. The standard InChI is InChI=1S/C28H39N3O3.ClH/c1-4-6-18-28(19-7-5-2)21-31(22-28)20-17-26(23-11-9-8-10-12-23)30-34-27(32)29-24-13-15-25(33-3)16-14-24;/h8-16H,4-7,17-22H2,1-3H3,(H,29,32);1H/b30-26-;. The van der Waals surface area contributed by atoms with Crippen LogP contribution in [0.15, 0.2) is 59.8 Å². The van der Waals surface area contributed by atoms with Gasteiger partial charge in [0.15, 0.2) is 0 Å². The van der Waals surface area contributed by atoms with E-state index in [1.54, 1.807) is 31.4 Å². The van der Waals surface area contributed by atoms with E-state index in [0.29, 0.717) is 11.1 Å². The number of anilines is 1. The summed E-state index contributed by atoms with van der Waals surface area (Å²) in [6.07, 6.45) is 7.92. The Kier molecular flexibility index (Phi) is 12.1. The van der Waals surface area contributed by atoms with Crippen LogP contribution in [0.3, 0.4) is 0 Å². The quantitative estimate of drug-likeness (QED) is 0.180. The van der Waals surface area contributed by atoms with Crippen molar-refractivity contribution in [2.24, 2.45) is 10.6 Å². The predicted molar refractivity (Wildman–Crippen MR) is 146 cm³/mol. The summed E-state index contributed by atoms with van der Waals surface area (Å²) in [5.74, 6) is 0.725. The fourth-order valence-corrected chi connectivity index (χ4v) is 4.65. The van der Waals surface area contributed by atoms with Gasteiger partial charge in [-0.15, -0.1) is 12.4 Å². The van der Waals surface area contributed by atoms with Crippen LogP contribution in [0, 0.1) is 5.41 Å². The molecule has 1 fully saturated rings. The van der Waals surface area contributed by atoms with Crippen LogP contribution < -0.4 is 10.1 Å². The van der Waals surface area contributed by atoms with Crippen LogP contribution in [-0.4, -0.2) is 43.4 Å². The van der Waals surface area contributed by atoms with Crippen molar-refractivity contribution in [3.05, 3.63) is 60.2 Å². The number of hydrogen-bond acceptors (Lipinski definition) is 5. The first-order chi connectivity index (χ1) is 16.6. The van der Waals surface area contributed by atoms with E-state index in [9.17, 15) is 4.79 Å². The van der Waals surface area contributed by atoms with Crippen molar-refractivity contribution in [3.8, 4) is 5.75 Å². The van der Waals surface area contributed by atoms with Crippen molar-refractivity contribution in [1.82, 2.24) is 4.90 Å². The van der Waals surface area contributed by atoms with Gasteiger partial charge in [-0.1, -0.05) is 75.0 Å². The van der Waals surface area contributed by atoms with Crippen molar-refractivity contribution in [2.75, 3.05) is 32.1 Å². The molecule has 0 saturated carbocycles. The molecule has 35 heavy (non-hydrogen) atoms. The number of likely N-dealkylation sites (tertiary alicyclic amines) is 1. The van der Waals surface area contributed by atoms with E-state index in [4.69, 9.17) is 9.57 Å². The van der Waals surface area contributed by atoms with E-state index in [-0.39, 0.29) is 12.4 Å². The number of carbonyl (C=O) groups is 1. The van der Waals surface area contributed by atoms with Crippen LogP contribution in [0.4, 0.5) is 10.5 Å². The first kappa shape index (κ1) is 28.7. The minimum atomic E-state index is -0.610. The summed E-state index contributed by atoms with van der Waals surface area (Å²) < 4.78 is 5.14. The number of amides is 1. The second-order valence-corrected chi connectivity index (χ2v) is 9.30. The van der Waals surface area contributed by atoms with Gasteiger partial charge in [0.25, 0.3) is 0 Å². The summed E-state index contributed by atoms with van der Waals surface area (Å²) in [6.45, 7) is 7.79. The molecular weight excluding hydrogens is 462 g/mol. The molecule has 2 aromatic carbocycles. The summed E-state index contributed by atoms with van der Waals surface area (Å²) in [4.78, 5) is 20.1. The molecule has 0 unspecified atom stereocenters. The zero-order valence-corrected chi connectivity index (χ0v) is 22.1. The smallest absolute Gasteiger partial charge is 0.437 e. The van der Waals surface area contributed by atoms with Crippen LogP contribution >= 0.6 is 12.4 Å². The number of ether oxygens (including phenoxy) is 1.